The molecule has 2 aliphatic rings. The zero-order chi connectivity index (χ0) is 25.5. The van der Waals surface area contributed by atoms with Gasteiger partial charge in [0, 0.05) is 55.9 Å². The highest BCUT2D eigenvalue weighted by molar-refractivity contribution is 7.90. The second-order valence-corrected chi connectivity index (χ2v) is 12.4. The lowest BCUT2D eigenvalue weighted by molar-refractivity contribution is 0.0699. The van der Waals surface area contributed by atoms with Gasteiger partial charge in [0.2, 0.25) is 0 Å². The highest BCUT2D eigenvalue weighted by atomic mass is 32.2. The fourth-order valence-electron chi connectivity index (χ4n) is 5.11. The number of pyridine rings is 2. The third-order valence-corrected chi connectivity index (χ3v) is 8.06. The topological polar surface area (TPSA) is 105 Å². The quantitative estimate of drug-likeness (QED) is 0.435. The maximum atomic E-state index is 14.4. The molecule has 4 rings (SSSR count). The summed E-state index contributed by atoms with van der Waals surface area (Å²) in [6.07, 6.45) is 8.89. The smallest absolute Gasteiger partial charge is 0.165 e. The molecule has 1 atom stereocenters. The minimum atomic E-state index is -2.98. The molecule has 8 nitrogen and oxygen atoms in total. The van der Waals surface area contributed by atoms with Crippen molar-refractivity contribution in [2.75, 3.05) is 42.4 Å². The molecule has 0 bridgehead atoms. The van der Waals surface area contributed by atoms with Crippen molar-refractivity contribution in [1.29, 1.82) is 0 Å². The minimum Gasteiger partial charge on any atom is -0.381 e. The van der Waals surface area contributed by atoms with Gasteiger partial charge in [-0.15, -0.1) is 0 Å². The van der Waals surface area contributed by atoms with E-state index in [2.05, 4.69) is 25.9 Å². The standard InChI is InChI=1S/C26H38FN5O3S/c1-18(17-36(2,33)34)30-21-3-5-22(6-4-21)31-25-15-20(9-12-28-25)24-8-7-23(27)26(32-24)29-16-19-10-13-35-14-11-19/h7-9,12,15,18-19,21-22,30H,3-6,10-11,13-14,16-17H2,1-2H3,(H,28,31)(H,29,32)/t18-,21?,22?/m0/s1. The van der Waals surface area contributed by atoms with Gasteiger partial charge >= 0.3 is 0 Å². The van der Waals surface area contributed by atoms with Crippen molar-refractivity contribution >= 4 is 21.5 Å². The van der Waals surface area contributed by atoms with E-state index < -0.39 is 9.84 Å². The molecule has 3 heterocycles. The number of nitrogens with one attached hydrogen (secondary N) is 3. The van der Waals surface area contributed by atoms with Crippen LogP contribution >= 0.6 is 0 Å². The van der Waals surface area contributed by atoms with Crippen LogP contribution in [0.25, 0.3) is 11.3 Å². The molecule has 1 saturated carbocycles. The molecule has 10 heteroatoms. The van der Waals surface area contributed by atoms with E-state index in [-0.39, 0.29) is 23.4 Å². The van der Waals surface area contributed by atoms with Gasteiger partial charge < -0.3 is 20.7 Å². The number of ether oxygens (including phenoxy) is 1. The zero-order valence-corrected chi connectivity index (χ0v) is 22.0. The Morgan fingerprint density at radius 1 is 1.08 bits per heavy atom. The number of nitrogens with zero attached hydrogens (tertiary/aromatic N) is 2. The molecular weight excluding hydrogens is 481 g/mol. The molecule has 198 valence electrons. The van der Waals surface area contributed by atoms with E-state index in [1.54, 1.807) is 12.3 Å². The van der Waals surface area contributed by atoms with E-state index in [9.17, 15) is 12.8 Å². The Balaban J connectivity index is 1.32. The van der Waals surface area contributed by atoms with Gasteiger partial charge in [0.15, 0.2) is 11.6 Å². The Morgan fingerprint density at radius 2 is 1.81 bits per heavy atom. The van der Waals surface area contributed by atoms with Crippen molar-refractivity contribution in [3.63, 3.8) is 0 Å². The third kappa shape index (κ3) is 8.11. The molecule has 2 aromatic rings. The van der Waals surface area contributed by atoms with Crippen LogP contribution in [-0.2, 0) is 14.6 Å². The van der Waals surface area contributed by atoms with Crippen LogP contribution in [0, 0.1) is 11.7 Å². The highest BCUT2D eigenvalue weighted by Crippen LogP contribution is 2.26. The molecule has 1 aliphatic carbocycles. The number of anilines is 2. The van der Waals surface area contributed by atoms with E-state index in [0.29, 0.717) is 30.2 Å². The van der Waals surface area contributed by atoms with E-state index in [1.807, 2.05) is 19.1 Å². The molecule has 3 N–H and O–H groups in total. The predicted octanol–water partition coefficient (Wildman–Crippen LogP) is 3.87. The van der Waals surface area contributed by atoms with E-state index >= 15 is 0 Å². The van der Waals surface area contributed by atoms with Gasteiger partial charge in [-0.05, 0) is 75.6 Å². The Kier molecular flexibility index (Phi) is 9.14. The number of hydrogen-bond acceptors (Lipinski definition) is 8. The van der Waals surface area contributed by atoms with Gasteiger partial charge in [0.05, 0.1) is 11.4 Å². The van der Waals surface area contributed by atoms with Crippen molar-refractivity contribution in [1.82, 2.24) is 15.3 Å². The Morgan fingerprint density at radius 3 is 2.53 bits per heavy atom. The number of aromatic nitrogens is 2. The van der Waals surface area contributed by atoms with Crippen LogP contribution in [0.3, 0.4) is 0 Å². The first-order valence-electron chi connectivity index (χ1n) is 12.9. The van der Waals surface area contributed by atoms with Crippen molar-refractivity contribution in [3.8, 4) is 11.3 Å². The van der Waals surface area contributed by atoms with Gasteiger partial charge in [-0.1, -0.05) is 0 Å². The average molecular weight is 520 g/mol. The van der Waals surface area contributed by atoms with E-state index in [0.717, 1.165) is 63.1 Å². The van der Waals surface area contributed by atoms with Crippen LogP contribution in [0.1, 0.15) is 45.4 Å². The maximum absolute atomic E-state index is 14.4. The zero-order valence-electron chi connectivity index (χ0n) is 21.2. The number of sulfone groups is 1. The van der Waals surface area contributed by atoms with Crippen LogP contribution in [-0.4, -0.2) is 68.3 Å². The Hall–Kier alpha value is -2.30. The highest BCUT2D eigenvalue weighted by Gasteiger charge is 2.23. The maximum Gasteiger partial charge on any atom is 0.165 e. The van der Waals surface area contributed by atoms with Gasteiger partial charge in [-0.25, -0.2) is 22.8 Å². The fourth-order valence-corrected chi connectivity index (χ4v) is 6.11. The third-order valence-electron chi connectivity index (χ3n) is 6.95. The van der Waals surface area contributed by atoms with Crippen LogP contribution in [0.5, 0.6) is 0 Å². The lowest BCUT2D eigenvalue weighted by Gasteiger charge is -2.31. The molecular formula is C26H38FN5O3S. The van der Waals surface area contributed by atoms with Crippen LogP contribution in [0.2, 0.25) is 0 Å². The normalized spacial score (nSPS) is 22.2. The molecule has 0 radical (unpaired) electrons. The average Bonchev–Trinajstić information content (AvgIpc) is 2.84. The summed E-state index contributed by atoms with van der Waals surface area (Å²) >= 11 is 0. The minimum absolute atomic E-state index is 0.0490. The molecule has 2 fully saturated rings. The summed E-state index contributed by atoms with van der Waals surface area (Å²) < 4.78 is 42.8. The second kappa shape index (κ2) is 12.3. The number of hydrogen-bond donors (Lipinski definition) is 3. The molecule has 1 saturated heterocycles. The van der Waals surface area contributed by atoms with Crippen molar-refractivity contribution < 1.29 is 17.5 Å². The van der Waals surface area contributed by atoms with Crippen LogP contribution in [0.4, 0.5) is 16.0 Å². The largest absolute Gasteiger partial charge is 0.381 e. The number of halogens is 1. The fraction of sp³-hybridized carbons (Fsp3) is 0.615. The molecule has 0 aromatic carbocycles. The molecule has 0 amide bonds. The van der Waals surface area contributed by atoms with E-state index in [4.69, 9.17) is 4.74 Å². The molecule has 0 unspecified atom stereocenters. The molecule has 2 aromatic heterocycles. The van der Waals surface area contributed by atoms with Crippen molar-refractivity contribution in [2.45, 2.75) is 63.6 Å². The molecule has 0 spiro atoms. The van der Waals surface area contributed by atoms with Crippen molar-refractivity contribution in [3.05, 3.63) is 36.3 Å². The predicted molar refractivity (Wildman–Crippen MR) is 141 cm³/mol. The second-order valence-electron chi connectivity index (χ2n) is 10.2. The summed E-state index contributed by atoms with van der Waals surface area (Å²) in [6.45, 7) is 4.13. The summed E-state index contributed by atoms with van der Waals surface area (Å²) in [5, 5.41) is 10.2. The number of rotatable bonds is 10. The monoisotopic (exact) mass is 519 g/mol. The van der Waals surface area contributed by atoms with Gasteiger partial charge in [0.1, 0.15) is 15.7 Å². The van der Waals surface area contributed by atoms with Gasteiger partial charge in [-0.3, -0.25) is 0 Å². The van der Waals surface area contributed by atoms with Gasteiger partial charge in [-0.2, -0.15) is 0 Å². The summed E-state index contributed by atoms with van der Waals surface area (Å²) in [6, 6.07) is 7.58. The summed E-state index contributed by atoms with van der Waals surface area (Å²) in [5.41, 5.74) is 1.58. The first-order chi connectivity index (χ1) is 17.2. The summed E-state index contributed by atoms with van der Waals surface area (Å²) in [4.78, 5) is 9.04. The van der Waals surface area contributed by atoms with E-state index in [1.165, 1.54) is 12.3 Å². The first-order valence-corrected chi connectivity index (χ1v) is 15.0. The SMILES string of the molecule is C[C@@H](CS(C)(=O)=O)NC1CCC(Nc2cc(-c3ccc(F)c(NCC4CCOCC4)n3)ccn2)CC1. The van der Waals surface area contributed by atoms with Crippen molar-refractivity contribution in [2.24, 2.45) is 5.92 Å². The Labute approximate surface area is 213 Å². The van der Waals surface area contributed by atoms with Crippen LogP contribution in [0.15, 0.2) is 30.5 Å². The lowest BCUT2D eigenvalue weighted by atomic mass is 9.90. The van der Waals surface area contributed by atoms with Gasteiger partial charge in [0.25, 0.3) is 0 Å². The Bertz CT molecular complexity index is 1100. The first kappa shape index (κ1) is 26.8. The van der Waals surface area contributed by atoms with Crippen LogP contribution < -0.4 is 16.0 Å². The summed E-state index contributed by atoms with van der Waals surface area (Å²) in [5.74, 6) is 1.33. The lowest BCUT2D eigenvalue weighted by Crippen LogP contribution is -2.43. The molecule has 1 aliphatic heterocycles. The molecule has 36 heavy (non-hydrogen) atoms. The summed E-state index contributed by atoms with van der Waals surface area (Å²) in [7, 11) is -2.98.